The van der Waals surface area contributed by atoms with Gasteiger partial charge in [-0.25, -0.2) is 4.79 Å². The molecule has 1 aromatic heterocycles. The van der Waals surface area contributed by atoms with Gasteiger partial charge in [-0.3, -0.25) is 9.36 Å². The lowest BCUT2D eigenvalue weighted by atomic mass is 10.2. The van der Waals surface area contributed by atoms with Crippen molar-refractivity contribution in [2.24, 2.45) is 5.92 Å². The minimum absolute atomic E-state index is 0.00451. The first-order valence-corrected chi connectivity index (χ1v) is 11.0. The van der Waals surface area contributed by atoms with Crippen LogP contribution in [0.5, 0.6) is 0 Å². The number of anilines is 1. The largest absolute Gasteiger partial charge is 0.613 e. The van der Waals surface area contributed by atoms with Crippen molar-refractivity contribution in [2.75, 3.05) is 18.9 Å². The molecular formula is C16H26N4O6PS+. The fraction of sp³-hybridized carbons (Fsp3) is 0.688. The molecule has 1 saturated heterocycles. The number of aliphatic hydroxyl groups excluding tert-OH is 1. The second-order valence-corrected chi connectivity index (χ2v) is 9.35. The van der Waals surface area contributed by atoms with Crippen LogP contribution in [-0.2, 0) is 18.6 Å². The monoisotopic (exact) mass is 433 g/mol. The lowest BCUT2D eigenvalue weighted by Gasteiger charge is -2.12. The molecule has 1 fully saturated rings. The summed E-state index contributed by atoms with van der Waals surface area (Å²) in [4.78, 5) is 27.4. The van der Waals surface area contributed by atoms with Crippen LogP contribution in [-0.4, -0.2) is 51.2 Å². The first-order chi connectivity index (χ1) is 13.2. The molecule has 0 radical (unpaired) electrons. The zero-order valence-corrected chi connectivity index (χ0v) is 17.7. The van der Waals surface area contributed by atoms with E-state index in [-0.39, 0.29) is 35.6 Å². The van der Waals surface area contributed by atoms with Gasteiger partial charge in [-0.1, -0.05) is 18.9 Å². The molecule has 4 N–H and O–H groups in total. The number of nitrogens with two attached hydrogens (primary N) is 1. The molecule has 1 aliphatic heterocycles. The average Bonchev–Trinajstić information content (AvgIpc) is 2.98. The van der Waals surface area contributed by atoms with Crippen LogP contribution >= 0.6 is 19.9 Å². The maximum absolute atomic E-state index is 12.0. The first-order valence-electron chi connectivity index (χ1n) is 8.88. The van der Waals surface area contributed by atoms with Gasteiger partial charge in [-0.2, -0.15) is 4.98 Å². The van der Waals surface area contributed by atoms with E-state index < -0.39 is 32.0 Å². The standard InChI is InChI=1S/C16H25N4O6PS/c1-9(2)7-25-15(22)10(3)19-27(24)26-8-12-11(21)6-14(28-12)20-5-4-13(17)18-16(20)23/h4-5,9-12,14,21H,6-8H2,1-3H3,(H2-,17,18,19,23,24)/p+1/t10-,11?,12?,14?/m0/s1. The SMILES string of the molecule is CC(C)COC(=O)[C@H](C)N[P+](=O)OCC1SC(n2ccc(N)nc2=O)CC1O. The van der Waals surface area contributed by atoms with Gasteiger partial charge in [0.25, 0.3) is 0 Å². The molecule has 0 spiro atoms. The summed E-state index contributed by atoms with van der Waals surface area (Å²) in [5.41, 5.74) is 4.99. The summed E-state index contributed by atoms with van der Waals surface area (Å²) in [6, 6.07) is 0.731. The molecule has 5 atom stereocenters. The maximum Gasteiger partial charge on any atom is 0.613 e. The molecule has 10 nitrogen and oxygen atoms in total. The fourth-order valence-corrected chi connectivity index (χ4v) is 4.78. The van der Waals surface area contributed by atoms with Gasteiger partial charge in [0.15, 0.2) is 0 Å². The van der Waals surface area contributed by atoms with Gasteiger partial charge in [0, 0.05) is 12.6 Å². The van der Waals surface area contributed by atoms with Gasteiger partial charge in [0.1, 0.15) is 18.5 Å². The van der Waals surface area contributed by atoms with E-state index in [2.05, 4.69) is 10.1 Å². The van der Waals surface area contributed by atoms with Crippen molar-refractivity contribution < 1.29 is 23.7 Å². The smallest absolute Gasteiger partial charge is 0.464 e. The van der Waals surface area contributed by atoms with Crippen LogP contribution in [0.4, 0.5) is 5.82 Å². The Kier molecular flexibility index (Phi) is 8.38. The average molecular weight is 433 g/mol. The molecular weight excluding hydrogens is 407 g/mol. The number of aromatic nitrogens is 2. The van der Waals surface area contributed by atoms with Crippen LogP contribution in [0.1, 0.15) is 32.6 Å². The van der Waals surface area contributed by atoms with Gasteiger partial charge in [-0.05, 0) is 23.5 Å². The van der Waals surface area contributed by atoms with Crippen LogP contribution in [0.25, 0.3) is 0 Å². The molecule has 12 heteroatoms. The van der Waals surface area contributed by atoms with Crippen molar-refractivity contribution in [2.45, 2.75) is 50.0 Å². The molecule has 28 heavy (non-hydrogen) atoms. The van der Waals surface area contributed by atoms with Gasteiger partial charge in [-0.15, -0.1) is 16.3 Å². The Bertz CT molecular complexity index is 761. The van der Waals surface area contributed by atoms with Crippen molar-refractivity contribution >= 4 is 31.7 Å². The number of aliphatic hydroxyl groups is 1. The van der Waals surface area contributed by atoms with E-state index in [1.807, 2.05) is 13.8 Å². The Morgan fingerprint density at radius 2 is 2.25 bits per heavy atom. The summed E-state index contributed by atoms with van der Waals surface area (Å²) < 4.78 is 23.8. The maximum atomic E-state index is 12.0. The number of ether oxygens (including phenoxy) is 1. The summed E-state index contributed by atoms with van der Waals surface area (Å²) in [6.07, 6.45) is 1.12. The number of nitrogen functional groups attached to an aromatic ring is 1. The highest BCUT2D eigenvalue weighted by Crippen LogP contribution is 2.41. The third-order valence-electron chi connectivity index (χ3n) is 3.93. The molecule has 0 aromatic carbocycles. The molecule has 0 bridgehead atoms. The quantitative estimate of drug-likeness (QED) is 0.381. The Labute approximate surface area is 168 Å². The van der Waals surface area contributed by atoms with Crippen molar-refractivity contribution in [3.63, 3.8) is 0 Å². The number of rotatable bonds is 9. The van der Waals surface area contributed by atoms with Gasteiger partial charge >= 0.3 is 19.8 Å². The minimum atomic E-state index is -2.32. The topological polar surface area (TPSA) is 146 Å². The number of hydrogen-bond donors (Lipinski definition) is 3. The van der Waals surface area contributed by atoms with E-state index in [1.165, 1.54) is 35.5 Å². The minimum Gasteiger partial charge on any atom is -0.464 e. The number of esters is 1. The van der Waals surface area contributed by atoms with Crippen LogP contribution in [0.2, 0.25) is 0 Å². The molecule has 0 amide bonds. The summed E-state index contributed by atoms with van der Waals surface area (Å²) in [5.74, 6) is -0.168. The van der Waals surface area contributed by atoms with E-state index in [1.54, 1.807) is 0 Å². The number of carbonyl (C=O) groups excluding carboxylic acids is 1. The Morgan fingerprint density at radius 3 is 2.89 bits per heavy atom. The lowest BCUT2D eigenvalue weighted by molar-refractivity contribution is -0.146. The van der Waals surface area contributed by atoms with Crippen molar-refractivity contribution in [3.8, 4) is 0 Å². The van der Waals surface area contributed by atoms with Crippen molar-refractivity contribution in [3.05, 3.63) is 22.7 Å². The van der Waals surface area contributed by atoms with Gasteiger partial charge < -0.3 is 15.6 Å². The molecule has 156 valence electrons. The zero-order chi connectivity index (χ0) is 20.8. The molecule has 2 rings (SSSR count). The number of carbonyl (C=O) groups is 1. The fourth-order valence-electron chi connectivity index (χ4n) is 2.44. The molecule has 0 aliphatic carbocycles. The van der Waals surface area contributed by atoms with Crippen LogP contribution < -0.4 is 16.5 Å². The highest BCUT2D eigenvalue weighted by Gasteiger charge is 2.38. The van der Waals surface area contributed by atoms with E-state index in [4.69, 9.17) is 15.0 Å². The van der Waals surface area contributed by atoms with Crippen molar-refractivity contribution in [1.82, 2.24) is 14.6 Å². The number of nitrogens with one attached hydrogen (secondary N) is 1. The molecule has 2 heterocycles. The molecule has 1 aromatic rings. The second-order valence-electron chi connectivity index (χ2n) is 6.90. The predicted molar refractivity (Wildman–Crippen MR) is 106 cm³/mol. The molecule has 4 unspecified atom stereocenters. The highest BCUT2D eigenvalue weighted by atomic mass is 32.2. The van der Waals surface area contributed by atoms with E-state index in [9.17, 15) is 19.3 Å². The van der Waals surface area contributed by atoms with Crippen LogP contribution in [0, 0.1) is 5.92 Å². The van der Waals surface area contributed by atoms with Gasteiger partial charge in [0.2, 0.25) is 0 Å². The third kappa shape index (κ3) is 6.52. The summed E-state index contributed by atoms with van der Waals surface area (Å²) in [6.45, 7) is 5.65. The first kappa shape index (κ1) is 22.8. The Balaban J connectivity index is 1.81. The molecule has 0 saturated carbocycles. The lowest BCUT2D eigenvalue weighted by Crippen LogP contribution is -2.32. The molecule has 1 aliphatic rings. The highest BCUT2D eigenvalue weighted by molar-refractivity contribution is 8.00. The van der Waals surface area contributed by atoms with Crippen LogP contribution in [0.15, 0.2) is 17.1 Å². The number of thioether (sulfide) groups is 1. The zero-order valence-electron chi connectivity index (χ0n) is 16.0. The summed E-state index contributed by atoms with van der Waals surface area (Å²) in [5, 5.41) is 12.1. The van der Waals surface area contributed by atoms with Gasteiger partial charge in [0.05, 0.1) is 23.3 Å². The second kappa shape index (κ2) is 10.3. The number of hydrogen-bond acceptors (Lipinski definition) is 9. The Morgan fingerprint density at radius 1 is 1.54 bits per heavy atom. The summed E-state index contributed by atoms with van der Waals surface area (Å²) in [7, 11) is -2.32. The predicted octanol–water partition coefficient (Wildman–Crippen LogP) is 1.04. The normalized spacial score (nSPS) is 23.6. The van der Waals surface area contributed by atoms with Crippen molar-refractivity contribution in [1.29, 1.82) is 0 Å². The third-order valence-corrected chi connectivity index (χ3v) is 6.45. The van der Waals surface area contributed by atoms with E-state index in [0.717, 1.165) is 0 Å². The van der Waals surface area contributed by atoms with E-state index >= 15 is 0 Å². The number of nitrogens with zero attached hydrogens (tertiary/aromatic N) is 2. The van der Waals surface area contributed by atoms with E-state index in [0.29, 0.717) is 6.42 Å². The summed E-state index contributed by atoms with van der Waals surface area (Å²) >= 11 is 1.33. The van der Waals surface area contributed by atoms with Crippen LogP contribution in [0.3, 0.4) is 0 Å². The Hall–Kier alpha value is -1.52.